The van der Waals surface area contributed by atoms with Crippen LogP contribution >= 0.6 is 0 Å². The molecule has 0 saturated heterocycles. The molecule has 3 aromatic carbocycles. The van der Waals surface area contributed by atoms with Gasteiger partial charge in [-0.2, -0.15) is 0 Å². The van der Waals surface area contributed by atoms with E-state index in [4.69, 9.17) is 14.2 Å². The lowest BCUT2D eigenvalue weighted by molar-refractivity contribution is 0.0697. The number of amides is 3. The van der Waals surface area contributed by atoms with Gasteiger partial charge in [-0.1, -0.05) is 12.1 Å². The maximum atomic E-state index is 13.1. The zero-order chi connectivity index (χ0) is 25.3. The number of fused-ring (bicyclic) bond motifs is 1. The van der Waals surface area contributed by atoms with Crippen molar-refractivity contribution in [3.05, 3.63) is 76.9 Å². The summed E-state index contributed by atoms with van der Waals surface area (Å²) >= 11 is 0. The van der Waals surface area contributed by atoms with Gasteiger partial charge in [0.1, 0.15) is 5.75 Å². The number of aromatic carboxylic acids is 1. The molecule has 0 atom stereocenters. The fraction of sp³-hybridized carbons (Fsp3) is 0.120. The smallest absolute Gasteiger partial charge is 0.337 e. The normalized spacial score (nSPS) is 12.3. The highest BCUT2D eigenvalue weighted by Crippen LogP contribution is 2.36. The molecule has 1 heterocycles. The molecule has 1 aliphatic heterocycles. The van der Waals surface area contributed by atoms with E-state index in [0.717, 1.165) is 4.90 Å². The number of methoxy groups -OCH3 is 3. The van der Waals surface area contributed by atoms with E-state index >= 15 is 0 Å². The van der Waals surface area contributed by atoms with Gasteiger partial charge in [-0.3, -0.25) is 14.4 Å². The highest BCUT2D eigenvalue weighted by molar-refractivity contribution is 6.35. The van der Waals surface area contributed by atoms with Gasteiger partial charge >= 0.3 is 5.97 Å². The van der Waals surface area contributed by atoms with E-state index in [0.29, 0.717) is 5.75 Å². The molecule has 0 spiro atoms. The van der Waals surface area contributed by atoms with Crippen LogP contribution in [0.5, 0.6) is 17.2 Å². The molecule has 178 valence electrons. The maximum Gasteiger partial charge on any atom is 0.337 e. The van der Waals surface area contributed by atoms with Crippen LogP contribution in [0.3, 0.4) is 0 Å². The van der Waals surface area contributed by atoms with Crippen LogP contribution in [0.25, 0.3) is 0 Å². The quantitative estimate of drug-likeness (QED) is 0.496. The molecule has 0 saturated carbocycles. The highest BCUT2D eigenvalue weighted by atomic mass is 16.5. The predicted octanol–water partition coefficient (Wildman–Crippen LogP) is 3.46. The molecule has 3 amide bonds. The molecule has 3 aromatic rings. The molecular formula is C25H20N2O8. The minimum atomic E-state index is -1.29. The fourth-order valence-corrected chi connectivity index (χ4v) is 3.77. The zero-order valence-corrected chi connectivity index (χ0v) is 18.9. The maximum absolute atomic E-state index is 13.1. The Hall–Kier alpha value is -4.86. The standard InChI is InChI=1S/C25H20N2O8/c1-33-19-7-5-4-6-18(19)27-23(29)14-9-8-13(10-15(14)24(27)30)22(28)26-17-12-21(35-3)20(34-2)11-16(17)25(31)32/h4-12H,1-3H3,(H,26,28)(H,31,32). The number of carboxylic acid groups (broad SMARTS) is 1. The number of hydrogen-bond donors (Lipinski definition) is 2. The Morgan fingerprint density at radius 1 is 0.800 bits per heavy atom. The number of rotatable bonds is 7. The van der Waals surface area contributed by atoms with Crippen molar-refractivity contribution in [1.29, 1.82) is 0 Å². The number of nitrogens with zero attached hydrogens (tertiary/aromatic N) is 1. The van der Waals surface area contributed by atoms with Crippen molar-refractivity contribution < 1.29 is 38.5 Å². The summed E-state index contributed by atoms with van der Waals surface area (Å²) in [7, 11) is 4.17. The summed E-state index contributed by atoms with van der Waals surface area (Å²) < 4.78 is 15.6. The van der Waals surface area contributed by atoms with E-state index in [2.05, 4.69) is 5.32 Å². The fourth-order valence-electron chi connectivity index (χ4n) is 3.77. The minimum absolute atomic E-state index is 0.0290. The number of imide groups is 1. The predicted molar refractivity (Wildman–Crippen MR) is 125 cm³/mol. The summed E-state index contributed by atoms with van der Waals surface area (Å²) in [4.78, 5) is 51.8. The third-order valence-corrected chi connectivity index (χ3v) is 5.48. The summed E-state index contributed by atoms with van der Waals surface area (Å²) in [6.07, 6.45) is 0. The van der Waals surface area contributed by atoms with Crippen LogP contribution in [0.2, 0.25) is 0 Å². The second kappa shape index (κ2) is 9.18. The number of ether oxygens (including phenoxy) is 3. The van der Waals surface area contributed by atoms with Gasteiger partial charge in [0.25, 0.3) is 17.7 Å². The van der Waals surface area contributed by atoms with E-state index in [9.17, 15) is 24.3 Å². The van der Waals surface area contributed by atoms with Crippen molar-refractivity contribution in [3.8, 4) is 17.2 Å². The molecule has 1 aliphatic rings. The number of para-hydroxylation sites is 2. The van der Waals surface area contributed by atoms with Crippen LogP contribution in [-0.4, -0.2) is 50.1 Å². The first-order valence-electron chi connectivity index (χ1n) is 10.3. The Kier molecular flexibility index (Phi) is 6.11. The molecule has 35 heavy (non-hydrogen) atoms. The first-order valence-corrected chi connectivity index (χ1v) is 10.3. The molecule has 0 aromatic heterocycles. The lowest BCUT2D eigenvalue weighted by Crippen LogP contribution is -2.29. The van der Waals surface area contributed by atoms with E-state index in [-0.39, 0.29) is 45.1 Å². The summed E-state index contributed by atoms with van der Waals surface area (Å²) in [6.45, 7) is 0. The molecule has 0 radical (unpaired) electrons. The minimum Gasteiger partial charge on any atom is -0.495 e. The first kappa shape index (κ1) is 23.3. The van der Waals surface area contributed by atoms with Crippen molar-refractivity contribution in [1.82, 2.24) is 0 Å². The Morgan fingerprint density at radius 2 is 1.43 bits per heavy atom. The average Bonchev–Trinajstić information content (AvgIpc) is 3.12. The lowest BCUT2D eigenvalue weighted by Gasteiger charge is -2.16. The van der Waals surface area contributed by atoms with Crippen molar-refractivity contribution in [3.63, 3.8) is 0 Å². The van der Waals surface area contributed by atoms with Crippen molar-refractivity contribution in [2.75, 3.05) is 31.5 Å². The van der Waals surface area contributed by atoms with E-state index in [1.54, 1.807) is 24.3 Å². The molecule has 0 fully saturated rings. The second-order valence-corrected chi connectivity index (χ2v) is 7.39. The number of benzene rings is 3. The van der Waals surface area contributed by atoms with E-state index in [1.807, 2.05) is 0 Å². The Labute approximate surface area is 199 Å². The number of carboxylic acids is 1. The average molecular weight is 476 g/mol. The largest absolute Gasteiger partial charge is 0.495 e. The molecule has 0 unspecified atom stereocenters. The molecular weight excluding hydrogens is 456 g/mol. The molecule has 2 N–H and O–H groups in total. The second-order valence-electron chi connectivity index (χ2n) is 7.39. The molecule has 4 rings (SSSR count). The highest BCUT2D eigenvalue weighted by Gasteiger charge is 2.38. The van der Waals surface area contributed by atoms with Crippen molar-refractivity contribution in [2.45, 2.75) is 0 Å². The number of carbonyl (C=O) groups is 4. The van der Waals surface area contributed by atoms with E-state index < -0.39 is 23.7 Å². The molecule has 0 aliphatic carbocycles. The third kappa shape index (κ3) is 4.01. The zero-order valence-electron chi connectivity index (χ0n) is 18.9. The van der Waals surface area contributed by atoms with Gasteiger partial charge in [-0.05, 0) is 30.3 Å². The monoisotopic (exact) mass is 476 g/mol. The topological polar surface area (TPSA) is 131 Å². The Balaban J connectivity index is 1.68. The molecule has 10 nitrogen and oxygen atoms in total. The summed E-state index contributed by atoms with van der Waals surface area (Å²) in [5, 5.41) is 12.1. The van der Waals surface area contributed by atoms with Crippen LogP contribution in [0.4, 0.5) is 11.4 Å². The molecule has 0 bridgehead atoms. The molecule has 10 heteroatoms. The number of anilines is 2. The van der Waals surface area contributed by atoms with Gasteiger partial charge in [0, 0.05) is 17.7 Å². The van der Waals surface area contributed by atoms with Gasteiger partial charge in [-0.25, -0.2) is 9.69 Å². The number of nitrogens with one attached hydrogen (secondary N) is 1. The van der Waals surface area contributed by atoms with Gasteiger partial charge in [-0.15, -0.1) is 0 Å². The summed E-state index contributed by atoms with van der Waals surface area (Å²) in [6, 6.07) is 13.2. The Bertz CT molecular complexity index is 1380. The first-order chi connectivity index (χ1) is 16.8. The van der Waals surface area contributed by atoms with Gasteiger partial charge < -0.3 is 24.6 Å². The van der Waals surface area contributed by atoms with Crippen LogP contribution in [0.1, 0.15) is 41.4 Å². The number of hydrogen-bond acceptors (Lipinski definition) is 7. The summed E-state index contributed by atoms with van der Waals surface area (Å²) in [5.74, 6) is -2.39. The summed E-state index contributed by atoms with van der Waals surface area (Å²) in [5.41, 5.74) is 0.264. The lowest BCUT2D eigenvalue weighted by atomic mass is 10.0. The van der Waals surface area contributed by atoms with Gasteiger partial charge in [0.2, 0.25) is 0 Å². The van der Waals surface area contributed by atoms with Crippen LogP contribution in [0.15, 0.2) is 54.6 Å². The van der Waals surface area contributed by atoms with Crippen LogP contribution < -0.4 is 24.4 Å². The van der Waals surface area contributed by atoms with E-state index in [1.165, 1.54) is 51.7 Å². The number of carbonyl (C=O) groups excluding carboxylic acids is 3. The van der Waals surface area contributed by atoms with Crippen LogP contribution in [0, 0.1) is 0 Å². The van der Waals surface area contributed by atoms with Crippen molar-refractivity contribution >= 4 is 35.1 Å². The van der Waals surface area contributed by atoms with Gasteiger partial charge in [0.05, 0.1) is 49.4 Å². The SMILES string of the molecule is COc1cc(NC(=O)c2ccc3c(c2)C(=O)N(c2ccccc2OC)C3=O)c(C(=O)O)cc1OC. The third-order valence-electron chi connectivity index (χ3n) is 5.48. The van der Waals surface area contributed by atoms with Crippen molar-refractivity contribution in [2.24, 2.45) is 0 Å². The Morgan fingerprint density at radius 3 is 2.09 bits per heavy atom. The van der Waals surface area contributed by atoms with Crippen LogP contribution in [-0.2, 0) is 0 Å². The van der Waals surface area contributed by atoms with Gasteiger partial charge in [0.15, 0.2) is 11.5 Å².